The molecule has 2 aromatic carbocycles. The second kappa shape index (κ2) is 6.60. The first kappa shape index (κ1) is 16.4. The van der Waals surface area contributed by atoms with Crippen molar-refractivity contribution in [2.45, 2.75) is 38.2 Å². The van der Waals surface area contributed by atoms with Crippen LogP contribution in [-0.2, 0) is 16.6 Å². The average Bonchev–Trinajstić information content (AvgIpc) is 2.91. The highest BCUT2D eigenvalue weighted by Crippen LogP contribution is 2.38. The van der Waals surface area contributed by atoms with Crippen molar-refractivity contribution in [1.29, 1.82) is 0 Å². The molecule has 1 aliphatic rings. The third-order valence-electron chi connectivity index (χ3n) is 4.36. The second-order valence-electron chi connectivity index (χ2n) is 7.52. The maximum atomic E-state index is 6.74. The molecule has 0 spiro atoms. The van der Waals surface area contributed by atoms with E-state index in [2.05, 4.69) is 85.2 Å². The molecule has 3 heteroatoms. The first-order chi connectivity index (χ1) is 11.0. The van der Waals surface area contributed by atoms with Gasteiger partial charge in [-0.3, -0.25) is 4.90 Å². The predicted molar refractivity (Wildman–Crippen MR) is 98.9 cm³/mol. The maximum absolute atomic E-state index is 6.74. The third kappa shape index (κ3) is 4.11. The molecule has 23 heavy (non-hydrogen) atoms. The Morgan fingerprint density at radius 1 is 0.957 bits per heavy atom. The van der Waals surface area contributed by atoms with Gasteiger partial charge in [0, 0.05) is 19.6 Å². The standard InChI is InChI=1S/C20H27NOSi/c1-23(2,3)22-20(19-12-8-5-9-13-19)14-15-21(17-20)16-18-10-6-4-7-11-18/h4-13H,14-17H2,1-3H3. The summed E-state index contributed by atoms with van der Waals surface area (Å²) in [5.74, 6) is 0. The van der Waals surface area contributed by atoms with Gasteiger partial charge < -0.3 is 4.43 Å². The summed E-state index contributed by atoms with van der Waals surface area (Å²) in [6.07, 6.45) is 1.08. The van der Waals surface area contributed by atoms with E-state index in [0.29, 0.717) is 0 Å². The molecule has 1 unspecified atom stereocenters. The number of likely N-dealkylation sites (tertiary alicyclic amines) is 1. The minimum absolute atomic E-state index is 0.138. The fourth-order valence-corrected chi connectivity index (χ4v) is 5.00. The molecule has 1 heterocycles. The van der Waals surface area contributed by atoms with Gasteiger partial charge in [0.15, 0.2) is 8.32 Å². The first-order valence-electron chi connectivity index (χ1n) is 8.49. The van der Waals surface area contributed by atoms with Crippen LogP contribution in [0.3, 0.4) is 0 Å². The Morgan fingerprint density at radius 2 is 1.57 bits per heavy atom. The monoisotopic (exact) mass is 325 g/mol. The van der Waals surface area contributed by atoms with Gasteiger partial charge in [-0.25, -0.2) is 0 Å². The van der Waals surface area contributed by atoms with Crippen molar-refractivity contribution in [2.75, 3.05) is 13.1 Å². The number of hydrogen-bond donors (Lipinski definition) is 0. The number of benzene rings is 2. The molecule has 1 fully saturated rings. The van der Waals surface area contributed by atoms with Gasteiger partial charge >= 0.3 is 0 Å². The molecule has 2 aromatic rings. The van der Waals surface area contributed by atoms with Crippen LogP contribution in [-0.4, -0.2) is 26.3 Å². The largest absolute Gasteiger partial charge is 0.407 e. The van der Waals surface area contributed by atoms with Crippen molar-refractivity contribution in [1.82, 2.24) is 4.90 Å². The summed E-state index contributed by atoms with van der Waals surface area (Å²) in [6.45, 7) is 9.95. The van der Waals surface area contributed by atoms with E-state index in [1.54, 1.807) is 0 Å². The molecule has 0 saturated carbocycles. The van der Waals surface area contributed by atoms with Crippen molar-refractivity contribution in [3.63, 3.8) is 0 Å². The van der Waals surface area contributed by atoms with Crippen LogP contribution in [0.5, 0.6) is 0 Å². The number of nitrogens with zero attached hydrogens (tertiary/aromatic N) is 1. The van der Waals surface area contributed by atoms with Crippen LogP contribution < -0.4 is 0 Å². The van der Waals surface area contributed by atoms with Gasteiger partial charge in [0.25, 0.3) is 0 Å². The lowest BCUT2D eigenvalue weighted by Crippen LogP contribution is -2.42. The lowest BCUT2D eigenvalue weighted by molar-refractivity contribution is 0.0653. The fourth-order valence-electron chi connectivity index (χ4n) is 3.54. The molecule has 0 aromatic heterocycles. The molecular formula is C20H27NOSi. The van der Waals surface area contributed by atoms with E-state index >= 15 is 0 Å². The lowest BCUT2D eigenvalue weighted by Gasteiger charge is -2.37. The quantitative estimate of drug-likeness (QED) is 0.743. The molecule has 1 atom stereocenters. The van der Waals surface area contributed by atoms with Crippen LogP contribution in [0.4, 0.5) is 0 Å². The Balaban J connectivity index is 1.81. The summed E-state index contributed by atoms with van der Waals surface area (Å²) in [7, 11) is -1.63. The lowest BCUT2D eigenvalue weighted by atomic mass is 9.93. The van der Waals surface area contributed by atoms with Crippen molar-refractivity contribution < 1.29 is 4.43 Å². The molecule has 0 bridgehead atoms. The maximum Gasteiger partial charge on any atom is 0.185 e. The third-order valence-corrected chi connectivity index (χ3v) is 5.36. The van der Waals surface area contributed by atoms with Gasteiger partial charge in [-0.1, -0.05) is 60.7 Å². The molecule has 1 aliphatic heterocycles. The van der Waals surface area contributed by atoms with Crippen LogP contribution in [0.25, 0.3) is 0 Å². The van der Waals surface area contributed by atoms with Crippen molar-refractivity contribution in [3.8, 4) is 0 Å². The van der Waals surface area contributed by atoms with Gasteiger partial charge in [-0.15, -0.1) is 0 Å². The Kier molecular flexibility index (Phi) is 4.71. The molecule has 0 radical (unpaired) electrons. The van der Waals surface area contributed by atoms with Crippen molar-refractivity contribution in [2.24, 2.45) is 0 Å². The smallest absolute Gasteiger partial charge is 0.185 e. The average molecular weight is 326 g/mol. The normalized spacial score (nSPS) is 22.4. The van der Waals surface area contributed by atoms with Crippen molar-refractivity contribution in [3.05, 3.63) is 71.8 Å². The van der Waals surface area contributed by atoms with Gasteiger partial charge in [0.1, 0.15) is 0 Å². The van der Waals surface area contributed by atoms with Gasteiger partial charge in [-0.05, 0) is 37.2 Å². The SMILES string of the molecule is C[Si](C)(C)OC1(c2ccccc2)CCN(Cc2ccccc2)C1. The summed E-state index contributed by atoms with van der Waals surface area (Å²) < 4.78 is 6.74. The van der Waals surface area contributed by atoms with Gasteiger partial charge in [-0.2, -0.15) is 0 Å². The molecule has 2 nitrogen and oxygen atoms in total. The molecule has 0 N–H and O–H groups in total. The van der Waals surface area contributed by atoms with E-state index in [4.69, 9.17) is 4.43 Å². The molecule has 3 rings (SSSR count). The summed E-state index contributed by atoms with van der Waals surface area (Å²) >= 11 is 0. The molecule has 122 valence electrons. The van der Waals surface area contributed by atoms with E-state index < -0.39 is 8.32 Å². The van der Waals surface area contributed by atoms with Crippen LogP contribution in [0.15, 0.2) is 60.7 Å². The Bertz CT molecular complexity index is 623. The zero-order valence-electron chi connectivity index (χ0n) is 14.5. The second-order valence-corrected chi connectivity index (χ2v) is 11.9. The first-order valence-corrected chi connectivity index (χ1v) is 11.9. The van der Waals surface area contributed by atoms with Crippen LogP contribution >= 0.6 is 0 Å². The highest BCUT2D eigenvalue weighted by molar-refractivity contribution is 6.69. The number of hydrogen-bond acceptors (Lipinski definition) is 2. The Hall–Kier alpha value is -1.42. The van der Waals surface area contributed by atoms with E-state index in [-0.39, 0.29) is 5.60 Å². The molecule has 0 aliphatic carbocycles. The van der Waals surface area contributed by atoms with E-state index in [1.165, 1.54) is 11.1 Å². The van der Waals surface area contributed by atoms with E-state index in [1.807, 2.05) is 0 Å². The van der Waals surface area contributed by atoms with E-state index in [0.717, 1.165) is 26.1 Å². The minimum Gasteiger partial charge on any atom is -0.407 e. The van der Waals surface area contributed by atoms with Crippen LogP contribution in [0, 0.1) is 0 Å². The fraction of sp³-hybridized carbons (Fsp3) is 0.400. The van der Waals surface area contributed by atoms with Crippen LogP contribution in [0.2, 0.25) is 19.6 Å². The van der Waals surface area contributed by atoms with Gasteiger partial charge in [0.05, 0.1) is 5.60 Å². The topological polar surface area (TPSA) is 12.5 Å². The summed E-state index contributed by atoms with van der Waals surface area (Å²) in [5.41, 5.74) is 2.57. The number of rotatable bonds is 5. The van der Waals surface area contributed by atoms with E-state index in [9.17, 15) is 0 Å². The summed E-state index contributed by atoms with van der Waals surface area (Å²) in [5, 5.41) is 0. The zero-order valence-corrected chi connectivity index (χ0v) is 15.5. The zero-order chi connectivity index (χ0) is 16.3. The molecule has 0 amide bonds. The predicted octanol–water partition coefficient (Wildman–Crippen LogP) is 4.64. The Labute approximate surface area is 141 Å². The minimum atomic E-state index is -1.63. The Morgan fingerprint density at radius 3 is 2.17 bits per heavy atom. The van der Waals surface area contributed by atoms with Gasteiger partial charge in [0.2, 0.25) is 0 Å². The highest BCUT2D eigenvalue weighted by atomic mass is 28.4. The summed E-state index contributed by atoms with van der Waals surface area (Å²) in [4.78, 5) is 2.53. The summed E-state index contributed by atoms with van der Waals surface area (Å²) in [6, 6.07) is 21.5. The molecular weight excluding hydrogens is 298 g/mol. The van der Waals surface area contributed by atoms with Crippen molar-refractivity contribution >= 4 is 8.32 Å². The highest BCUT2D eigenvalue weighted by Gasteiger charge is 2.43. The van der Waals surface area contributed by atoms with Crippen LogP contribution in [0.1, 0.15) is 17.5 Å². The molecule has 1 saturated heterocycles.